The Morgan fingerprint density at radius 2 is 2.16 bits per heavy atom. The van der Waals surface area contributed by atoms with Crippen LogP contribution in [0.5, 0.6) is 0 Å². The zero-order valence-corrected chi connectivity index (χ0v) is 11.1. The number of rotatable bonds is 7. The smallest absolute Gasteiger partial charge is 0.158 e. The van der Waals surface area contributed by atoms with Crippen LogP contribution in [0.3, 0.4) is 0 Å². The number of anilines is 2. The first kappa shape index (κ1) is 14.0. The number of aromatic nitrogens is 2. The van der Waals surface area contributed by atoms with Gasteiger partial charge in [-0.05, 0) is 26.2 Å². The summed E-state index contributed by atoms with van der Waals surface area (Å²) in [5.41, 5.74) is 1.90. The molecule has 7 heteroatoms. The minimum absolute atomic E-state index is 0.338. The first-order valence-corrected chi connectivity index (χ1v) is 6.54. The average Bonchev–Trinajstić information content (AvgIpc) is 2.40. The predicted molar refractivity (Wildman–Crippen MR) is 72.5 cm³/mol. The lowest BCUT2D eigenvalue weighted by Gasteiger charge is -2.36. The molecule has 19 heavy (non-hydrogen) atoms. The van der Waals surface area contributed by atoms with Crippen LogP contribution in [0, 0.1) is 0 Å². The maximum atomic E-state index is 10.0. The van der Waals surface area contributed by atoms with E-state index in [4.69, 9.17) is 10.6 Å². The maximum absolute atomic E-state index is 10.0. The molecule has 1 heterocycles. The lowest BCUT2D eigenvalue weighted by molar-refractivity contribution is -0.0202. The molecule has 1 saturated carbocycles. The van der Waals surface area contributed by atoms with E-state index in [0.29, 0.717) is 37.2 Å². The molecule has 1 aliphatic carbocycles. The first-order valence-electron chi connectivity index (χ1n) is 6.54. The Hall–Kier alpha value is -1.44. The summed E-state index contributed by atoms with van der Waals surface area (Å²) < 4.78 is 5.28. The van der Waals surface area contributed by atoms with E-state index in [0.717, 1.165) is 19.3 Å². The van der Waals surface area contributed by atoms with Gasteiger partial charge in [0.15, 0.2) is 5.82 Å². The summed E-state index contributed by atoms with van der Waals surface area (Å²) in [6.07, 6.45) is 2.74. The van der Waals surface area contributed by atoms with Gasteiger partial charge >= 0.3 is 0 Å². The van der Waals surface area contributed by atoms with Gasteiger partial charge in [0.25, 0.3) is 0 Å². The second-order valence-electron chi connectivity index (χ2n) is 4.77. The van der Waals surface area contributed by atoms with Gasteiger partial charge in [0.1, 0.15) is 18.2 Å². The van der Waals surface area contributed by atoms with Gasteiger partial charge in [-0.15, -0.1) is 0 Å². The fourth-order valence-electron chi connectivity index (χ4n) is 1.94. The van der Waals surface area contributed by atoms with Gasteiger partial charge in [0.2, 0.25) is 0 Å². The van der Waals surface area contributed by atoms with Crippen molar-refractivity contribution in [2.24, 2.45) is 5.84 Å². The Morgan fingerprint density at radius 3 is 2.74 bits per heavy atom. The average molecular weight is 267 g/mol. The standard InChI is InChI=1S/C12H21N5O2/c1-2-19-7-11-15-9(6-10(16-11)17-13)14-8-12(18)4-3-5-12/h6,18H,2-5,7-8,13H2,1H3,(H2,14,15,16,17). The van der Waals surface area contributed by atoms with Crippen molar-refractivity contribution < 1.29 is 9.84 Å². The van der Waals surface area contributed by atoms with Crippen LogP contribution in [0.25, 0.3) is 0 Å². The van der Waals surface area contributed by atoms with Gasteiger partial charge in [0, 0.05) is 19.2 Å². The fourth-order valence-corrected chi connectivity index (χ4v) is 1.94. The topological polar surface area (TPSA) is 105 Å². The van der Waals surface area contributed by atoms with E-state index in [-0.39, 0.29) is 0 Å². The second kappa shape index (κ2) is 6.14. The third kappa shape index (κ3) is 3.76. The van der Waals surface area contributed by atoms with Gasteiger partial charge in [0.05, 0.1) is 5.60 Å². The van der Waals surface area contributed by atoms with Crippen LogP contribution < -0.4 is 16.6 Å². The number of nitrogens with one attached hydrogen (secondary N) is 2. The summed E-state index contributed by atoms with van der Waals surface area (Å²) in [7, 11) is 0. The van der Waals surface area contributed by atoms with Crippen molar-refractivity contribution in [1.82, 2.24) is 9.97 Å². The number of hydrogen-bond donors (Lipinski definition) is 4. The number of nitrogens with two attached hydrogens (primary N) is 1. The summed E-state index contributed by atoms with van der Waals surface area (Å²) in [4.78, 5) is 8.52. The molecule has 0 radical (unpaired) electrons. The van der Waals surface area contributed by atoms with Gasteiger partial charge in [-0.2, -0.15) is 0 Å². The lowest BCUT2D eigenvalue weighted by Crippen LogP contribution is -2.43. The number of hydrazine groups is 1. The minimum atomic E-state index is -0.596. The van der Waals surface area contributed by atoms with Gasteiger partial charge < -0.3 is 20.6 Å². The highest BCUT2D eigenvalue weighted by Gasteiger charge is 2.34. The zero-order valence-electron chi connectivity index (χ0n) is 11.1. The molecule has 7 nitrogen and oxygen atoms in total. The van der Waals surface area contributed by atoms with Crippen molar-refractivity contribution in [1.29, 1.82) is 0 Å². The van der Waals surface area contributed by atoms with E-state index >= 15 is 0 Å². The number of hydrogen-bond acceptors (Lipinski definition) is 7. The van der Waals surface area contributed by atoms with Crippen molar-refractivity contribution in [3.8, 4) is 0 Å². The first-order chi connectivity index (χ1) is 9.15. The zero-order chi connectivity index (χ0) is 13.7. The summed E-state index contributed by atoms with van der Waals surface area (Å²) in [5, 5.41) is 13.2. The molecule has 0 amide bonds. The number of nitrogen functional groups attached to an aromatic ring is 1. The molecule has 0 unspecified atom stereocenters. The van der Waals surface area contributed by atoms with Crippen molar-refractivity contribution >= 4 is 11.6 Å². The number of nitrogens with zero attached hydrogens (tertiary/aromatic N) is 2. The van der Waals surface area contributed by atoms with Crippen LogP contribution in [0.15, 0.2) is 6.07 Å². The predicted octanol–water partition coefficient (Wildman–Crippen LogP) is 0.626. The molecule has 106 valence electrons. The molecular formula is C12H21N5O2. The van der Waals surface area contributed by atoms with Gasteiger partial charge in [-0.1, -0.05) is 0 Å². The molecule has 2 rings (SSSR count). The fraction of sp³-hybridized carbons (Fsp3) is 0.667. The van der Waals surface area contributed by atoms with E-state index in [9.17, 15) is 5.11 Å². The van der Waals surface area contributed by atoms with Gasteiger partial charge in [-0.3, -0.25) is 0 Å². The molecule has 0 bridgehead atoms. The minimum Gasteiger partial charge on any atom is -0.388 e. The van der Waals surface area contributed by atoms with Crippen LogP contribution in [0.2, 0.25) is 0 Å². The van der Waals surface area contributed by atoms with E-state index in [1.807, 2.05) is 6.92 Å². The van der Waals surface area contributed by atoms with Crippen LogP contribution in [0.1, 0.15) is 32.0 Å². The Bertz CT molecular complexity index is 423. The quantitative estimate of drug-likeness (QED) is 0.424. The molecule has 0 spiro atoms. The van der Waals surface area contributed by atoms with E-state index < -0.39 is 5.60 Å². The summed E-state index contributed by atoms with van der Waals surface area (Å²) in [6, 6.07) is 1.71. The molecule has 0 atom stereocenters. The highest BCUT2D eigenvalue weighted by Crippen LogP contribution is 2.31. The van der Waals surface area contributed by atoms with Crippen LogP contribution in [-0.4, -0.2) is 33.8 Å². The SMILES string of the molecule is CCOCc1nc(NN)cc(NCC2(O)CCC2)n1. The normalized spacial score (nSPS) is 16.8. The molecular weight excluding hydrogens is 246 g/mol. The molecule has 1 aliphatic rings. The van der Waals surface area contributed by atoms with Crippen LogP contribution in [0.4, 0.5) is 11.6 Å². The van der Waals surface area contributed by atoms with Crippen molar-refractivity contribution in [2.45, 2.75) is 38.4 Å². The molecule has 1 aromatic heterocycles. The van der Waals surface area contributed by atoms with Crippen LogP contribution >= 0.6 is 0 Å². The summed E-state index contributed by atoms with van der Waals surface area (Å²) in [6.45, 7) is 3.34. The highest BCUT2D eigenvalue weighted by atomic mass is 16.5. The Morgan fingerprint density at radius 1 is 1.42 bits per heavy atom. The Balaban J connectivity index is 2.01. The number of ether oxygens (including phenoxy) is 1. The molecule has 1 aromatic rings. The maximum Gasteiger partial charge on any atom is 0.158 e. The Labute approximate surface area is 112 Å². The molecule has 5 N–H and O–H groups in total. The van der Waals surface area contributed by atoms with E-state index in [2.05, 4.69) is 20.7 Å². The molecule has 1 fully saturated rings. The van der Waals surface area contributed by atoms with E-state index in [1.165, 1.54) is 0 Å². The Kier molecular flexibility index (Phi) is 4.52. The van der Waals surface area contributed by atoms with Crippen molar-refractivity contribution in [3.05, 3.63) is 11.9 Å². The van der Waals surface area contributed by atoms with Crippen molar-refractivity contribution in [3.63, 3.8) is 0 Å². The summed E-state index contributed by atoms with van der Waals surface area (Å²) >= 11 is 0. The summed E-state index contributed by atoms with van der Waals surface area (Å²) in [5.74, 6) is 7.09. The molecule has 0 saturated heterocycles. The third-order valence-electron chi connectivity index (χ3n) is 3.24. The second-order valence-corrected chi connectivity index (χ2v) is 4.77. The largest absolute Gasteiger partial charge is 0.388 e. The van der Waals surface area contributed by atoms with E-state index in [1.54, 1.807) is 6.07 Å². The van der Waals surface area contributed by atoms with Crippen molar-refractivity contribution in [2.75, 3.05) is 23.9 Å². The highest BCUT2D eigenvalue weighted by molar-refractivity contribution is 5.47. The monoisotopic (exact) mass is 267 g/mol. The number of aliphatic hydroxyl groups is 1. The van der Waals surface area contributed by atoms with Gasteiger partial charge in [-0.25, -0.2) is 15.8 Å². The lowest BCUT2D eigenvalue weighted by atomic mass is 9.80. The molecule has 0 aliphatic heterocycles. The molecule has 0 aromatic carbocycles. The third-order valence-corrected chi connectivity index (χ3v) is 3.24. The van der Waals surface area contributed by atoms with Crippen LogP contribution in [-0.2, 0) is 11.3 Å².